The molecular formula is C74H48B2N4S2. The van der Waals surface area contributed by atoms with Gasteiger partial charge in [0.25, 0.3) is 0 Å². The lowest BCUT2D eigenvalue weighted by Gasteiger charge is -2.43. The van der Waals surface area contributed by atoms with Crippen LogP contribution in [-0.2, 0) is 0 Å². The van der Waals surface area contributed by atoms with Gasteiger partial charge in [0.2, 0.25) is 13.4 Å². The van der Waals surface area contributed by atoms with E-state index in [1.807, 2.05) is 23.5 Å². The second kappa shape index (κ2) is 19.0. The highest BCUT2D eigenvalue weighted by atomic mass is 32.2. The van der Waals surface area contributed by atoms with E-state index in [4.69, 9.17) is 0 Å². The maximum atomic E-state index is 2.64. The first-order valence-corrected chi connectivity index (χ1v) is 29.8. The SMILES string of the molecule is c1ccc(N(c2ccccc2)c2ccc3c4c5c(cc3c2)N(c2ccccc2)c2ccccc2B5c2cc3c(cc2S4)Sc2c4c(cc5cc(N(c6ccccc6)c6ccccc6)ccc25)N(c2ccccc2)c2ccccc2B34)cc1. The van der Waals surface area contributed by atoms with Crippen molar-refractivity contribution < 1.29 is 0 Å². The van der Waals surface area contributed by atoms with E-state index in [0.717, 1.165) is 45.5 Å². The first-order valence-electron chi connectivity index (χ1n) is 28.1. The molecule has 0 saturated carbocycles. The molecule has 0 N–H and O–H groups in total. The van der Waals surface area contributed by atoms with E-state index >= 15 is 0 Å². The average molecular weight is 1080 g/mol. The summed E-state index contributed by atoms with van der Waals surface area (Å²) >= 11 is 3.92. The van der Waals surface area contributed by atoms with Gasteiger partial charge in [0.15, 0.2) is 0 Å². The predicted molar refractivity (Wildman–Crippen MR) is 351 cm³/mol. The third-order valence-corrected chi connectivity index (χ3v) is 19.4. The Morgan fingerprint density at radius 1 is 0.268 bits per heavy atom. The van der Waals surface area contributed by atoms with Crippen molar-refractivity contribution in [3.8, 4) is 0 Å². The third kappa shape index (κ3) is 7.38. The van der Waals surface area contributed by atoms with Crippen LogP contribution in [0, 0.1) is 0 Å². The molecule has 13 aromatic carbocycles. The Balaban J connectivity index is 0.891. The van der Waals surface area contributed by atoms with E-state index in [2.05, 4.69) is 311 Å². The van der Waals surface area contributed by atoms with E-state index in [0.29, 0.717) is 0 Å². The molecule has 0 bridgehead atoms. The minimum absolute atomic E-state index is 0.00496. The maximum Gasteiger partial charge on any atom is 0.249 e. The molecule has 17 rings (SSSR count). The van der Waals surface area contributed by atoms with E-state index < -0.39 is 0 Å². The van der Waals surface area contributed by atoms with Gasteiger partial charge in [-0.2, -0.15) is 0 Å². The fourth-order valence-corrected chi connectivity index (χ4v) is 16.3. The van der Waals surface area contributed by atoms with Crippen molar-refractivity contribution in [1.82, 2.24) is 0 Å². The Kier molecular flexibility index (Phi) is 11.0. The second-order valence-electron chi connectivity index (χ2n) is 21.6. The number of rotatable bonds is 8. The topological polar surface area (TPSA) is 13.0 Å². The van der Waals surface area contributed by atoms with Gasteiger partial charge in [-0.05, 0) is 171 Å². The minimum Gasteiger partial charge on any atom is -0.311 e. The molecule has 0 aliphatic carbocycles. The van der Waals surface area contributed by atoms with Crippen LogP contribution < -0.4 is 52.4 Å². The Bertz CT molecular complexity index is 4290. The van der Waals surface area contributed by atoms with Gasteiger partial charge < -0.3 is 19.6 Å². The van der Waals surface area contributed by atoms with Crippen LogP contribution in [0.25, 0.3) is 21.5 Å². The van der Waals surface area contributed by atoms with Crippen molar-refractivity contribution in [2.24, 2.45) is 0 Å². The van der Waals surface area contributed by atoms with Crippen LogP contribution in [0.3, 0.4) is 0 Å². The van der Waals surface area contributed by atoms with E-state index in [1.54, 1.807) is 0 Å². The Morgan fingerprint density at radius 2 is 0.610 bits per heavy atom. The van der Waals surface area contributed by atoms with Crippen molar-refractivity contribution in [3.05, 3.63) is 291 Å². The molecule has 4 aliphatic heterocycles. The summed E-state index contributed by atoms with van der Waals surface area (Å²) in [6.07, 6.45) is 0. The molecule has 0 radical (unpaired) electrons. The molecule has 4 heterocycles. The molecule has 0 unspecified atom stereocenters. The van der Waals surface area contributed by atoms with Gasteiger partial charge in [-0.25, -0.2) is 0 Å². The first kappa shape index (κ1) is 47.2. The Labute approximate surface area is 486 Å². The number of nitrogens with zero attached hydrogens (tertiary/aromatic N) is 4. The predicted octanol–water partition coefficient (Wildman–Crippen LogP) is 16.5. The highest BCUT2D eigenvalue weighted by molar-refractivity contribution is 8.01. The highest BCUT2D eigenvalue weighted by Crippen LogP contribution is 2.50. The Morgan fingerprint density at radius 3 is 0.988 bits per heavy atom. The van der Waals surface area contributed by atoms with Crippen LogP contribution in [0.2, 0.25) is 0 Å². The van der Waals surface area contributed by atoms with Crippen LogP contribution >= 0.6 is 23.5 Å². The van der Waals surface area contributed by atoms with Crippen LogP contribution in [0.5, 0.6) is 0 Å². The lowest BCUT2D eigenvalue weighted by Crippen LogP contribution is -2.63. The quantitative estimate of drug-likeness (QED) is 0.140. The normalized spacial score (nSPS) is 13.2. The number of benzene rings is 13. The monoisotopic (exact) mass is 1080 g/mol. The molecule has 0 atom stereocenters. The summed E-state index contributed by atoms with van der Waals surface area (Å²) < 4.78 is 0. The summed E-state index contributed by atoms with van der Waals surface area (Å²) in [5.74, 6) is 0. The molecule has 0 saturated heterocycles. The summed E-state index contributed by atoms with van der Waals surface area (Å²) in [7, 11) is 0. The van der Waals surface area contributed by atoms with Crippen molar-refractivity contribution in [3.63, 3.8) is 0 Å². The fraction of sp³-hybridized carbons (Fsp3) is 0. The molecule has 0 spiro atoms. The molecule has 8 heteroatoms. The first-order chi connectivity index (χ1) is 40.7. The molecule has 4 aliphatic rings. The van der Waals surface area contributed by atoms with Crippen LogP contribution in [0.4, 0.5) is 68.2 Å². The van der Waals surface area contributed by atoms with Gasteiger partial charge in [-0.15, -0.1) is 0 Å². The molecule has 0 fully saturated rings. The standard InChI is InChI=1S/C74H48B2N4S2/c1-7-23-51(24-8-1)77(52-25-9-2-10-26-52)57-39-41-59-49(43-57)45-67-71-73(59)81-69-48-70-64(47-63(69)75(71)61-35-19-21-37-65(61)79(67)55-31-15-5-16-32-55)76-62-36-20-22-38-66(62)80(56-33-17-6-18-34-56)68-46-50-44-58(40-42-60(50)74(82-70)72(68)76)78(53-27-11-3-12-28-53)54-29-13-4-14-30-54/h1-48H. The largest absolute Gasteiger partial charge is 0.311 e. The number of anilines is 12. The smallest absolute Gasteiger partial charge is 0.249 e. The van der Waals surface area contributed by atoms with Gasteiger partial charge in [0.05, 0.1) is 0 Å². The van der Waals surface area contributed by atoms with Gasteiger partial charge in [0, 0.05) is 87.8 Å². The van der Waals surface area contributed by atoms with E-state index in [9.17, 15) is 0 Å². The molecule has 4 nitrogen and oxygen atoms in total. The van der Waals surface area contributed by atoms with Gasteiger partial charge >= 0.3 is 0 Å². The van der Waals surface area contributed by atoms with Crippen LogP contribution in [0.15, 0.2) is 311 Å². The van der Waals surface area contributed by atoms with E-state index in [1.165, 1.54) is 96.7 Å². The summed E-state index contributed by atoms with van der Waals surface area (Å²) in [4.78, 5) is 15.1. The summed E-state index contributed by atoms with van der Waals surface area (Å²) in [6.45, 7) is -0.00992. The maximum absolute atomic E-state index is 2.64. The third-order valence-electron chi connectivity index (χ3n) is 17.0. The zero-order chi connectivity index (χ0) is 53.8. The van der Waals surface area contributed by atoms with Crippen LogP contribution in [-0.4, -0.2) is 13.4 Å². The second-order valence-corrected chi connectivity index (χ2v) is 23.7. The highest BCUT2D eigenvalue weighted by Gasteiger charge is 2.46. The zero-order valence-corrected chi connectivity index (χ0v) is 46.1. The average Bonchev–Trinajstić information content (AvgIpc) is 1.31. The van der Waals surface area contributed by atoms with Crippen molar-refractivity contribution in [2.75, 3.05) is 19.6 Å². The molecule has 382 valence electrons. The van der Waals surface area contributed by atoms with Crippen molar-refractivity contribution in [2.45, 2.75) is 19.6 Å². The summed E-state index contributed by atoms with van der Waals surface area (Å²) in [5, 5.41) is 4.94. The summed E-state index contributed by atoms with van der Waals surface area (Å²) in [6, 6.07) is 108. The van der Waals surface area contributed by atoms with E-state index in [-0.39, 0.29) is 13.4 Å². The lowest BCUT2D eigenvalue weighted by molar-refractivity contribution is 1.27. The Hall–Kier alpha value is -9.59. The minimum atomic E-state index is -0.00496. The molecule has 0 aromatic heterocycles. The molecule has 82 heavy (non-hydrogen) atoms. The number of hydrogen-bond acceptors (Lipinski definition) is 6. The number of fused-ring (bicyclic) bond motifs is 12. The van der Waals surface area contributed by atoms with Crippen LogP contribution in [0.1, 0.15) is 0 Å². The number of hydrogen-bond donors (Lipinski definition) is 0. The molecule has 0 amide bonds. The zero-order valence-electron chi connectivity index (χ0n) is 44.5. The van der Waals surface area contributed by atoms with Gasteiger partial charge in [-0.3, -0.25) is 0 Å². The lowest BCUT2D eigenvalue weighted by atomic mass is 9.31. The molecule has 13 aromatic rings. The van der Waals surface area contributed by atoms with Crippen molar-refractivity contribution >= 4 is 160 Å². The fourth-order valence-electron chi connectivity index (χ4n) is 13.6. The summed E-state index contributed by atoms with van der Waals surface area (Å²) in [5.41, 5.74) is 22.0. The number of para-hydroxylation sites is 8. The van der Waals surface area contributed by atoms with Gasteiger partial charge in [-0.1, -0.05) is 198 Å². The van der Waals surface area contributed by atoms with Gasteiger partial charge in [0.1, 0.15) is 0 Å². The molecular weight excluding hydrogens is 1030 g/mol. The van der Waals surface area contributed by atoms with Crippen molar-refractivity contribution in [1.29, 1.82) is 0 Å².